The zero-order valence-electron chi connectivity index (χ0n) is 16.6. The fourth-order valence-electron chi connectivity index (χ4n) is 2.45. The van der Waals surface area contributed by atoms with E-state index < -0.39 is 47.3 Å². The maximum absolute atomic E-state index is 12.1. The summed E-state index contributed by atoms with van der Waals surface area (Å²) in [6.45, 7) is -0.627. The lowest BCUT2D eigenvalue weighted by molar-refractivity contribution is -0.383. The van der Waals surface area contributed by atoms with Crippen molar-refractivity contribution >= 4 is 65.1 Å². The van der Waals surface area contributed by atoms with Gasteiger partial charge in [0.1, 0.15) is 18.6 Å². The first-order valence-electron chi connectivity index (χ1n) is 9.08. The number of fused-ring (bicyclic) bond motifs is 1. The molecule has 0 aliphatic heterocycles. The lowest BCUT2D eigenvalue weighted by Gasteiger charge is -2.17. The molecule has 1 heterocycles. The fraction of sp³-hybridized carbons (Fsp3) is 0.375. The molecule has 178 valence electrons. The third kappa shape index (κ3) is 7.29. The number of hydrogen-bond acceptors (Lipinski definition) is 12. The number of hydrogen-bond donors (Lipinski definition) is 6. The lowest BCUT2D eigenvalue weighted by atomic mass is 10.1. The molecule has 1 aromatic heterocycles. The monoisotopic (exact) mass is 502 g/mol. The minimum absolute atomic E-state index is 0.0626. The highest BCUT2D eigenvalue weighted by Crippen LogP contribution is 2.30. The number of carbonyl (C=O) groups excluding carboxylic acids is 2. The smallest absolute Gasteiger partial charge is 0.322 e. The van der Waals surface area contributed by atoms with Crippen LogP contribution in [0.2, 0.25) is 0 Å². The molecular weight excluding hydrogens is 484 g/mol. The van der Waals surface area contributed by atoms with Crippen LogP contribution in [0.5, 0.6) is 0 Å². The van der Waals surface area contributed by atoms with Crippen molar-refractivity contribution < 1.29 is 38.9 Å². The molecule has 0 saturated heterocycles. The minimum atomic E-state index is -1.27. The average molecular weight is 502 g/mol. The Balaban J connectivity index is 1.95. The quantitative estimate of drug-likeness (QED) is 0.0886. The van der Waals surface area contributed by atoms with Gasteiger partial charge in [-0.05, 0) is 34.7 Å². The number of nitro benzene ring substituents is 1. The number of carboxylic acid groups (broad SMARTS) is 2. The molecule has 0 spiro atoms. The van der Waals surface area contributed by atoms with Gasteiger partial charge in [-0.3, -0.25) is 29.3 Å². The van der Waals surface area contributed by atoms with Crippen LogP contribution in [0, 0.1) is 10.1 Å². The normalized spacial score (nSPS) is 12.6. The largest absolute Gasteiger partial charge is 0.480 e. The first-order chi connectivity index (χ1) is 15.6. The number of nitro groups is 1. The Hall–Kier alpha value is -3.44. The molecule has 0 saturated carbocycles. The van der Waals surface area contributed by atoms with E-state index in [1.807, 2.05) is 0 Å². The summed E-state index contributed by atoms with van der Waals surface area (Å²) in [5.41, 5.74) is -0.363. The predicted molar refractivity (Wildman–Crippen MR) is 115 cm³/mol. The Morgan fingerprint density at radius 2 is 1.88 bits per heavy atom. The van der Waals surface area contributed by atoms with E-state index in [0.717, 1.165) is 11.9 Å². The number of aliphatic carboxylic acids is 2. The van der Waals surface area contributed by atoms with E-state index in [1.54, 1.807) is 0 Å². The molecule has 0 unspecified atom stereocenters. The molecule has 0 radical (unpaired) electrons. The van der Waals surface area contributed by atoms with Crippen molar-refractivity contribution in [2.45, 2.75) is 29.8 Å². The summed E-state index contributed by atoms with van der Waals surface area (Å²) >= 11 is 4.76. The zero-order chi connectivity index (χ0) is 24.5. The van der Waals surface area contributed by atoms with E-state index in [2.05, 4.69) is 42.9 Å². The van der Waals surface area contributed by atoms with Gasteiger partial charge in [-0.2, -0.15) is 12.6 Å². The molecule has 15 nitrogen and oxygen atoms in total. The second kappa shape index (κ2) is 12.0. The summed E-state index contributed by atoms with van der Waals surface area (Å²) in [7, 11) is 0. The van der Waals surface area contributed by atoms with Gasteiger partial charge in [-0.1, -0.05) is 0 Å². The van der Waals surface area contributed by atoms with Crippen LogP contribution in [0.15, 0.2) is 21.7 Å². The molecule has 33 heavy (non-hydrogen) atoms. The van der Waals surface area contributed by atoms with Crippen LogP contribution in [0.1, 0.15) is 12.8 Å². The molecule has 0 bridgehead atoms. The number of aromatic nitrogens is 2. The third-order valence-electron chi connectivity index (χ3n) is 4.07. The molecular formula is C16H18N6O9S2. The van der Waals surface area contributed by atoms with E-state index in [9.17, 15) is 34.4 Å². The fourth-order valence-corrected chi connectivity index (χ4v) is 3.56. The topological polar surface area (TPSA) is 227 Å². The Kier molecular flexibility index (Phi) is 9.37. The molecule has 0 aliphatic rings. The summed E-state index contributed by atoms with van der Waals surface area (Å²) in [5, 5.41) is 40.6. The molecule has 17 heteroatoms. The van der Waals surface area contributed by atoms with Gasteiger partial charge in [0.2, 0.25) is 17.3 Å². The summed E-state index contributed by atoms with van der Waals surface area (Å²) in [6.07, 6.45) is -0.445. The summed E-state index contributed by atoms with van der Waals surface area (Å²) < 4.78 is 7.18. The van der Waals surface area contributed by atoms with E-state index in [4.69, 9.17) is 5.11 Å². The Labute approximate surface area is 194 Å². The van der Waals surface area contributed by atoms with Gasteiger partial charge in [0.25, 0.3) is 0 Å². The van der Waals surface area contributed by atoms with Crippen LogP contribution in [0.25, 0.3) is 11.0 Å². The van der Waals surface area contributed by atoms with Crippen molar-refractivity contribution in [2.24, 2.45) is 0 Å². The Morgan fingerprint density at radius 1 is 1.18 bits per heavy atom. The van der Waals surface area contributed by atoms with Gasteiger partial charge < -0.3 is 20.8 Å². The van der Waals surface area contributed by atoms with E-state index >= 15 is 0 Å². The van der Waals surface area contributed by atoms with Gasteiger partial charge >= 0.3 is 17.6 Å². The first kappa shape index (κ1) is 25.8. The SMILES string of the molecule is O=C(O)CNC(=O)[C@H](CS)NC(=O)CC[C@H](NSc1ccc([N+](=O)[O-])c2nonc12)C(=O)O. The molecule has 2 aromatic rings. The van der Waals surface area contributed by atoms with E-state index in [-0.39, 0.29) is 35.3 Å². The van der Waals surface area contributed by atoms with Gasteiger partial charge in [0, 0.05) is 18.2 Å². The molecule has 2 amide bonds. The number of carboxylic acids is 2. The number of carbonyl (C=O) groups is 4. The van der Waals surface area contributed by atoms with E-state index in [1.165, 1.54) is 12.1 Å². The molecule has 2 atom stereocenters. The number of amides is 2. The van der Waals surface area contributed by atoms with Crippen LogP contribution in [0.4, 0.5) is 5.69 Å². The summed E-state index contributed by atoms with van der Waals surface area (Å²) in [5.74, 6) is -4.01. The number of nitrogens with one attached hydrogen (secondary N) is 3. The summed E-state index contributed by atoms with van der Waals surface area (Å²) in [4.78, 5) is 56.8. The van der Waals surface area contributed by atoms with Crippen LogP contribution in [-0.4, -0.2) is 73.6 Å². The zero-order valence-corrected chi connectivity index (χ0v) is 18.3. The average Bonchev–Trinajstić information content (AvgIpc) is 3.25. The number of thiol groups is 1. The number of rotatable bonds is 13. The standard InChI is InChI=1S/C16H18N6O9S2/c23-11(18-8(6-32)15(26)17-5-12(24)25)4-1-7(16(27)28)21-33-10-3-2-9(22(29)30)13-14(10)20-31-19-13/h2-3,7-8,21,32H,1,4-6H2,(H,17,26)(H,18,23)(H,24,25)(H,27,28)/t7-,8-/m0/s1. The van der Waals surface area contributed by atoms with Gasteiger partial charge in [0.05, 0.1) is 9.82 Å². The van der Waals surface area contributed by atoms with Crippen LogP contribution in [0.3, 0.4) is 0 Å². The second-order valence-corrected chi connectivity index (χ2v) is 7.61. The van der Waals surface area contributed by atoms with Gasteiger partial charge in [-0.15, -0.1) is 0 Å². The number of non-ortho nitro benzene ring substituents is 1. The van der Waals surface area contributed by atoms with Crippen molar-refractivity contribution in [3.05, 3.63) is 22.2 Å². The highest BCUT2D eigenvalue weighted by Gasteiger charge is 2.24. The predicted octanol–water partition coefficient (Wildman–Crippen LogP) is -0.423. The van der Waals surface area contributed by atoms with Crippen molar-refractivity contribution in [3.63, 3.8) is 0 Å². The Morgan fingerprint density at radius 3 is 2.48 bits per heavy atom. The van der Waals surface area contributed by atoms with Crippen molar-refractivity contribution in [1.82, 2.24) is 25.7 Å². The highest BCUT2D eigenvalue weighted by molar-refractivity contribution is 7.97. The van der Waals surface area contributed by atoms with Crippen LogP contribution >= 0.6 is 24.6 Å². The second-order valence-electron chi connectivity index (χ2n) is 6.37. The molecule has 0 fully saturated rings. The highest BCUT2D eigenvalue weighted by atomic mass is 32.2. The van der Waals surface area contributed by atoms with E-state index in [0.29, 0.717) is 4.90 Å². The van der Waals surface area contributed by atoms with Gasteiger partial charge in [-0.25, -0.2) is 9.35 Å². The lowest BCUT2D eigenvalue weighted by Crippen LogP contribution is -2.49. The van der Waals surface area contributed by atoms with Gasteiger partial charge in [0.15, 0.2) is 5.52 Å². The molecule has 2 rings (SSSR count). The maximum atomic E-state index is 12.1. The van der Waals surface area contributed by atoms with Crippen LogP contribution in [-0.2, 0) is 19.2 Å². The molecule has 5 N–H and O–H groups in total. The maximum Gasteiger partial charge on any atom is 0.322 e. The number of benzene rings is 1. The Bertz CT molecular complexity index is 1060. The first-order valence-corrected chi connectivity index (χ1v) is 10.5. The van der Waals surface area contributed by atoms with Crippen LogP contribution < -0.4 is 15.4 Å². The van der Waals surface area contributed by atoms with Crippen molar-refractivity contribution in [3.8, 4) is 0 Å². The molecule has 0 aliphatic carbocycles. The summed E-state index contributed by atoms with van der Waals surface area (Å²) in [6, 6.07) is 0.216. The molecule has 1 aromatic carbocycles. The van der Waals surface area contributed by atoms with Crippen molar-refractivity contribution in [1.29, 1.82) is 0 Å². The minimum Gasteiger partial charge on any atom is -0.480 e. The number of nitrogens with zero attached hydrogens (tertiary/aromatic N) is 3. The van der Waals surface area contributed by atoms with Crippen molar-refractivity contribution in [2.75, 3.05) is 12.3 Å². The third-order valence-corrected chi connectivity index (χ3v) is 5.39.